The zero-order valence-electron chi connectivity index (χ0n) is 12.1. The Morgan fingerprint density at radius 3 is 1.91 bits per heavy atom. The lowest BCUT2D eigenvalue weighted by Gasteiger charge is -2.07. The van der Waals surface area contributed by atoms with E-state index in [2.05, 4.69) is 9.97 Å². The monoisotopic (exact) mass is 292 g/mol. The summed E-state index contributed by atoms with van der Waals surface area (Å²) < 4.78 is 11.2. The molecule has 0 saturated carbocycles. The van der Waals surface area contributed by atoms with Crippen LogP contribution in [-0.2, 0) is 13.2 Å². The van der Waals surface area contributed by atoms with E-state index in [0.29, 0.717) is 25.1 Å². The molecule has 0 unspecified atom stereocenters. The number of hydrogen-bond donors (Lipinski definition) is 0. The fraction of sp³-hybridized carbons (Fsp3) is 0.111. The SMILES string of the molecule is c1ccc(COc2ccnc(OCc3ccccc3)n2)cc1. The van der Waals surface area contributed by atoms with Crippen molar-refractivity contribution in [2.24, 2.45) is 0 Å². The second-order valence-corrected chi connectivity index (χ2v) is 4.73. The third-order valence-corrected chi connectivity index (χ3v) is 3.05. The van der Waals surface area contributed by atoms with Gasteiger partial charge in [0.1, 0.15) is 13.2 Å². The molecule has 4 nitrogen and oxygen atoms in total. The molecule has 22 heavy (non-hydrogen) atoms. The molecule has 4 heteroatoms. The molecule has 3 rings (SSSR count). The Morgan fingerprint density at radius 1 is 0.682 bits per heavy atom. The van der Waals surface area contributed by atoms with Crippen molar-refractivity contribution in [1.29, 1.82) is 0 Å². The molecule has 0 fully saturated rings. The van der Waals surface area contributed by atoms with Gasteiger partial charge in [-0.1, -0.05) is 60.7 Å². The van der Waals surface area contributed by atoms with Gasteiger partial charge < -0.3 is 9.47 Å². The molecule has 0 radical (unpaired) electrons. The van der Waals surface area contributed by atoms with Gasteiger partial charge in [-0.25, -0.2) is 4.98 Å². The summed E-state index contributed by atoms with van der Waals surface area (Å²) in [5, 5.41) is 0. The van der Waals surface area contributed by atoms with Crippen molar-refractivity contribution < 1.29 is 9.47 Å². The molecule has 0 amide bonds. The van der Waals surface area contributed by atoms with Crippen LogP contribution in [0.1, 0.15) is 11.1 Å². The normalized spacial score (nSPS) is 10.2. The lowest BCUT2D eigenvalue weighted by molar-refractivity contribution is 0.258. The Labute approximate surface area is 129 Å². The quantitative estimate of drug-likeness (QED) is 0.696. The highest BCUT2D eigenvalue weighted by molar-refractivity contribution is 5.17. The molecule has 0 saturated heterocycles. The summed E-state index contributed by atoms with van der Waals surface area (Å²) in [6.45, 7) is 0.902. The first-order valence-electron chi connectivity index (χ1n) is 7.07. The summed E-state index contributed by atoms with van der Waals surface area (Å²) in [5.74, 6) is 0.502. The van der Waals surface area contributed by atoms with Crippen LogP contribution in [0.3, 0.4) is 0 Å². The van der Waals surface area contributed by atoms with Crippen LogP contribution < -0.4 is 9.47 Å². The van der Waals surface area contributed by atoms with Gasteiger partial charge in [0, 0.05) is 12.3 Å². The summed E-state index contributed by atoms with van der Waals surface area (Å²) in [6, 6.07) is 21.9. The molecule has 2 aromatic carbocycles. The standard InChI is InChI=1S/C18H16N2O2/c1-3-7-15(8-4-1)13-21-17-11-12-19-18(20-17)22-14-16-9-5-2-6-10-16/h1-12H,13-14H2. The van der Waals surface area contributed by atoms with Crippen molar-refractivity contribution >= 4 is 0 Å². The van der Waals surface area contributed by atoms with E-state index in [1.165, 1.54) is 0 Å². The third-order valence-electron chi connectivity index (χ3n) is 3.05. The van der Waals surface area contributed by atoms with E-state index in [1.54, 1.807) is 12.3 Å². The molecule has 1 aromatic heterocycles. The van der Waals surface area contributed by atoms with E-state index in [9.17, 15) is 0 Å². The molecule has 0 bridgehead atoms. The third kappa shape index (κ3) is 4.06. The number of hydrogen-bond acceptors (Lipinski definition) is 4. The largest absolute Gasteiger partial charge is 0.473 e. The van der Waals surface area contributed by atoms with Crippen LogP contribution in [0.2, 0.25) is 0 Å². The maximum Gasteiger partial charge on any atom is 0.320 e. The number of nitrogens with zero attached hydrogens (tertiary/aromatic N) is 2. The van der Waals surface area contributed by atoms with Gasteiger partial charge in [-0.2, -0.15) is 4.98 Å². The van der Waals surface area contributed by atoms with Gasteiger partial charge in [0.2, 0.25) is 5.88 Å². The highest BCUT2D eigenvalue weighted by Gasteiger charge is 2.02. The van der Waals surface area contributed by atoms with Gasteiger partial charge in [0.15, 0.2) is 0 Å². The second-order valence-electron chi connectivity index (χ2n) is 4.73. The summed E-state index contributed by atoms with van der Waals surface area (Å²) in [5.41, 5.74) is 2.16. The molecular weight excluding hydrogens is 276 g/mol. The molecule has 0 spiro atoms. The maximum absolute atomic E-state index is 5.65. The first-order valence-corrected chi connectivity index (χ1v) is 7.07. The predicted octanol–water partition coefficient (Wildman–Crippen LogP) is 3.63. The number of rotatable bonds is 6. The minimum Gasteiger partial charge on any atom is -0.473 e. The highest BCUT2D eigenvalue weighted by atomic mass is 16.5. The first kappa shape index (κ1) is 14.1. The van der Waals surface area contributed by atoms with Crippen molar-refractivity contribution in [2.75, 3.05) is 0 Å². The van der Waals surface area contributed by atoms with Crippen LogP contribution in [0.4, 0.5) is 0 Å². The Bertz CT molecular complexity index is 644. The average molecular weight is 292 g/mol. The van der Waals surface area contributed by atoms with Crippen LogP contribution in [0.15, 0.2) is 72.9 Å². The van der Waals surface area contributed by atoms with Crippen molar-refractivity contribution in [3.63, 3.8) is 0 Å². The molecule has 0 aliphatic heterocycles. The maximum atomic E-state index is 5.65. The van der Waals surface area contributed by atoms with Crippen molar-refractivity contribution in [2.45, 2.75) is 13.2 Å². The minimum absolute atomic E-state index is 0.314. The Morgan fingerprint density at radius 2 is 1.27 bits per heavy atom. The van der Waals surface area contributed by atoms with Gasteiger partial charge in [0.25, 0.3) is 0 Å². The van der Waals surface area contributed by atoms with Crippen LogP contribution >= 0.6 is 0 Å². The summed E-state index contributed by atoms with van der Waals surface area (Å²) in [7, 11) is 0. The van der Waals surface area contributed by atoms with E-state index in [0.717, 1.165) is 11.1 Å². The highest BCUT2D eigenvalue weighted by Crippen LogP contribution is 2.13. The molecular formula is C18H16N2O2. The molecule has 1 heterocycles. The zero-order chi connectivity index (χ0) is 15.0. The van der Waals surface area contributed by atoms with Gasteiger partial charge in [-0.3, -0.25) is 0 Å². The van der Waals surface area contributed by atoms with Gasteiger partial charge in [-0.05, 0) is 11.1 Å². The van der Waals surface area contributed by atoms with E-state index in [1.807, 2.05) is 60.7 Å². The van der Waals surface area contributed by atoms with Crippen molar-refractivity contribution in [3.05, 3.63) is 84.1 Å². The van der Waals surface area contributed by atoms with Crippen molar-refractivity contribution in [1.82, 2.24) is 9.97 Å². The molecule has 0 aliphatic carbocycles. The number of ether oxygens (including phenoxy) is 2. The fourth-order valence-electron chi connectivity index (χ4n) is 1.93. The van der Waals surface area contributed by atoms with Gasteiger partial charge in [-0.15, -0.1) is 0 Å². The molecule has 3 aromatic rings. The smallest absolute Gasteiger partial charge is 0.320 e. The predicted molar refractivity (Wildman–Crippen MR) is 83.6 cm³/mol. The van der Waals surface area contributed by atoms with Crippen molar-refractivity contribution in [3.8, 4) is 11.9 Å². The van der Waals surface area contributed by atoms with E-state index >= 15 is 0 Å². The number of benzene rings is 2. The van der Waals surface area contributed by atoms with E-state index in [4.69, 9.17) is 9.47 Å². The van der Waals surface area contributed by atoms with Crippen LogP contribution in [-0.4, -0.2) is 9.97 Å². The summed E-state index contributed by atoms with van der Waals surface area (Å²) >= 11 is 0. The Hall–Kier alpha value is -2.88. The first-order chi connectivity index (χ1) is 10.9. The lowest BCUT2D eigenvalue weighted by atomic mass is 10.2. The van der Waals surface area contributed by atoms with Gasteiger partial charge in [0.05, 0.1) is 0 Å². The second kappa shape index (κ2) is 7.22. The summed E-state index contributed by atoms with van der Waals surface area (Å²) in [6.07, 6.45) is 1.63. The fourth-order valence-corrected chi connectivity index (χ4v) is 1.93. The minimum atomic E-state index is 0.314. The van der Waals surface area contributed by atoms with Gasteiger partial charge >= 0.3 is 6.01 Å². The van der Waals surface area contributed by atoms with Crippen LogP contribution in [0, 0.1) is 0 Å². The number of aromatic nitrogens is 2. The molecule has 0 atom stereocenters. The molecule has 0 N–H and O–H groups in total. The van der Waals surface area contributed by atoms with E-state index < -0.39 is 0 Å². The Kier molecular flexibility index (Phi) is 4.62. The summed E-state index contributed by atoms with van der Waals surface area (Å²) in [4.78, 5) is 8.34. The average Bonchev–Trinajstić information content (AvgIpc) is 2.60. The topological polar surface area (TPSA) is 44.2 Å². The van der Waals surface area contributed by atoms with E-state index in [-0.39, 0.29) is 0 Å². The zero-order valence-corrected chi connectivity index (χ0v) is 12.1. The molecule has 0 aliphatic rings. The Balaban J connectivity index is 1.58. The van der Waals surface area contributed by atoms with Crippen LogP contribution in [0.5, 0.6) is 11.9 Å². The van der Waals surface area contributed by atoms with Crippen LogP contribution in [0.25, 0.3) is 0 Å². The lowest BCUT2D eigenvalue weighted by Crippen LogP contribution is -2.02. The molecule has 110 valence electrons.